The molecule has 0 saturated carbocycles. The van der Waals surface area contributed by atoms with Gasteiger partial charge in [0.1, 0.15) is 0 Å². The van der Waals surface area contributed by atoms with Gasteiger partial charge < -0.3 is 10.1 Å². The van der Waals surface area contributed by atoms with E-state index in [0.717, 1.165) is 15.6 Å². The number of carbonyl (C=O) groups is 2. The van der Waals surface area contributed by atoms with Gasteiger partial charge in [0.2, 0.25) is 0 Å². The van der Waals surface area contributed by atoms with Gasteiger partial charge in [-0.25, -0.2) is 4.79 Å². The number of nitrogens with one attached hydrogen (secondary N) is 1. The maximum atomic E-state index is 12.1. The van der Waals surface area contributed by atoms with E-state index in [0.29, 0.717) is 5.56 Å². The molecule has 0 radical (unpaired) electrons. The number of ether oxygens (including phenoxy) is 1. The molecule has 0 aliphatic rings. The Kier molecular flexibility index (Phi) is 5.34. The van der Waals surface area contributed by atoms with Crippen LogP contribution in [-0.4, -0.2) is 24.0 Å². The van der Waals surface area contributed by atoms with Crippen LogP contribution in [0.15, 0.2) is 16.6 Å². The topological polar surface area (TPSA) is 55.4 Å². The summed E-state index contributed by atoms with van der Waals surface area (Å²) in [5, 5.41) is 2.74. The normalized spacial score (nSPS) is 11.1. The summed E-state index contributed by atoms with van der Waals surface area (Å²) in [5.41, 5.74) is 1.80. The molecular formula is C15H20BrNO3. The van der Waals surface area contributed by atoms with E-state index in [-0.39, 0.29) is 18.1 Å². The van der Waals surface area contributed by atoms with Gasteiger partial charge >= 0.3 is 5.97 Å². The molecule has 0 saturated heterocycles. The zero-order valence-electron chi connectivity index (χ0n) is 12.5. The Morgan fingerprint density at radius 1 is 1.25 bits per heavy atom. The Morgan fingerprint density at radius 2 is 1.85 bits per heavy atom. The first-order chi connectivity index (χ1) is 9.11. The van der Waals surface area contributed by atoms with Crippen LogP contribution in [0.1, 0.15) is 42.3 Å². The highest BCUT2D eigenvalue weighted by molar-refractivity contribution is 9.10. The Hall–Kier alpha value is -1.36. The third kappa shape index (κ3) is 4.63. The number of benzene rings is 1. The number of rotatable bonds is 3. The van der Waals surface area contributed by atoms with Crippen LogP contribution in [0, 0.1) is 13.8 Å². The first-order valence-electron chi connectivity index (χ1n) is 6.35. The molecule has 1 amide bonds. The summed E-state index contributed by atoms with van der Waals surface area (Å²) in [7, 11) is 0. The lowest BCUT2D eigenvalue weighted by Crippen LogP contribution is -2.42. The van der Waals surface area contributed by atoms with Crippen molar-refractivity contribution in [3.63, 3.8) is 0 Å². The summed E-state index contributed by atoms with van der Waals surface area (Å²) < 4.78 is 5.92. The zero-order chi connectivity index (χ0) is 15.5. The number of amides is 1. The van der Waals surface area contributed by atoms with Crippen molar-refractivity contribution in [3.05, 3.63) is 33.3 Å². The van der Waals surface area contributed by atoms with Gasteiger partial charge in [-0.3, -0.25) is 4.79 Å². The Morgan fingerprint density at radius 3 is 2.40 bits per heavy atom. The fraction of sp³-hybridized carbons (Fsp3) is 0.467. The highest BCUT2D eigenvalue weighted by Gasteiger charge is 2.19. The second kappa shape index (κ2) is 6.39. The first-order valence-corrected chi connectivity index (χ1v) is 7.15. The average Bonchev–Trinajstić information content (AvgIpc) is 2.30. The lowest BCUT2D eigenvalue weighted by atomic mass is 10.0. The van der Waals surface area contributed by atoms with Crippen molar-refractivity contribution < 1.29 is 14.3 Å². The molecule has 1 aromatic carbocycles. The minimum absolute atomic E-state index is 0.276. The van der Waals surface area contributed by atoms with Crippen LogP contribution in [0.3, 0.4) is 0 Å². The summed E-state index contributed by atoms with van der Waals surface area (Å²) >= 11 is 3.38. The molecule has 20 heavy (non-hydrogen) atoms. The van der Waals surface area contributed by atoms with E-state index < -0.39 is 5.97 Å². The summed E-state index contributed by atoms with van der Waals surface area (Å²) in [5.74, 6) is -0.790. The van der Waals surface area contributed by atoms with Crippen molar-refractivity contribution in [2.24, 2.45) is 0 Å². The number of carbonyl (C=O) groups excluding carboxylic acids is 2. The van der Waals surface area contributed by atoms with Gasteiger partial charge in [0, 0.05) is 10.0 Å². The van der Waals surface area contributed by atoms with Crippen LogP contribution in [0.4, 0.5) is 0 Å². The van der Waals surface area contributed by atoms with Crippen LogP contribution >= 0.6 is 15.9 Å². The molecular weight excluding hydrogens is 322 g/mol. The van der Waals surface area contributed by atoms with Crippen molar-refractivity contribution in [1.82, 2.24) is 5.32 Å². The van der Waals surface area contributed by atoms with Gasteiger partial charge in [-0.2, -0.15) is 0 Å². The van der Waals surface area contributed by atoms with Gasteiger partial charge in [-0.05, 0) is 51.8 Å². The Bertz CT molecular complexity index is 533. The smallest absolute Gasteiger partial charge is 0.339 e. The van der Waals surface area contributed by atoms with Gasteiger partial charge in [0.25, 0.3) is 5.91 Å². The number of hydrogen-bond acceptors (Lipinski definition) is 3. The van der Waals surface area contributed by atoms with E-state index in [9.17, 15) is 9.59 Å². The molecule has 0 fully saturated rings. The monoisotopic (exact) mass is 341 g/mol. The molecule has 1 rings (SSSR count). The van der Waals surface area contributed by atoms with Crippen LogP contribution < -0.4 is 5.32 Å². The van der Waals surface area contributed by atoms with Crippen LogP contribution in [0.25, 0.3) is 0 Å². The number of aryl methyl sites for hydroxylation is 1. The molecule has 0 aromatic heterocycles. The van der Waals surface area contributed by atoms with Crippen LogP contribution in [0.2, 0.25) is 0 Å². The van der Waals surface area contributed by atoms with Gasteiger partial charge in [-0.15, -0.1) is 0 Å². The van der Waals surface area contributed by atoms with E-state index in [2.05, 4.69) is 21.2 Å². The second-order valence-electron chi connectivity index (χ2n) is 5.74. The summed E-state index contributed by atoms with van der Waals surface area (Å²) in [6.07, 6.45) is 0. The summed E-state index contributed by atoms with van der Waals surface area (Å²) in [4.78, 5) is 23.7. The van der Waals surface area contributed by atoms with Gasteiger partial charge in [-0.1, -0.05) is 22.0 Å². The lowest BCUT2D eigenvalue weighted by Gasteiger charge is -2.20. The van der Waals surface area contributed by atoms with Crippen LogP contribution in [0.5, 0.6) is 0 Å². The SMILES string of the molecule is Cc1ccc(Br)c(C)c1C(=O)OCC(=O)NC(C)(C)C. The van der Waals surface area contributed by atoms with Crippen LogP contribution in [-0.2, 0) is 9.53 Å². The standard InChI is InChI=1S/C15H20BrNO3/c1-9-6-7-11(16)10(2)13(9)14(19)20-8-12(18)17-15(3,4)5/h6-7H,8H2,1-5H3,(H,17,18). The molecule has 0 bridgehead atoms. The third-order valence-electron chi connectivity index (χ3n) is 2.66. The first kappa shape index (κ1) is 16.7. The molecule has 1 N–H and O–H groups in total. The van der Waals surface area contributed by atoms with Gasteiger partial charge in [0.05, 0.1) is 5.56 Å². The second-order valence-corrected chi connectivity index (χ2v) is 6.59. The molecule has 0 spiro atoms. The quantitative estimate of drug-likeness (QED) is 0.859. The molecule has 0 unspecified atom stereocenters. The number of esters is 1. The molecule has 5 heteroatoms. The van der Waals surface area contributed by atoms with Crippen molar-refractivity contribution in [1.29, 1.82) is 0 Å². The predicted octanol–water partition coefficient (Wildman–Crippen LogP) is 3.14. The maximum absolute atomic E-state index is 12.1. The third-order valence-corrected chi connectivity index (χ3v) is 3.52. The minimum Gasteiger partial charge on any atom is -0.452 e. The van der Waals surface area contributed by atoms with Crippen molar-refractivity contribution in [3.8, 4) is 0 Å². The molecule has 4 nitrogen and oxygen atoms in total. The highest BCUT2D eigenvalue weighted by atomic mass is 79.9. The molecule has 110 valence electrons. The number of halogens is 1. The molecule has 0 atom stereocenters. The van der Waals surface area contributed by atoms with Crippen molar-refractivity contribution >= 4 is 27.8 Å². The summed E-state index contributed by atoms with van der Waals surface area (Å²) in [6, 6.07) is 3.72. The van der Waals surface area contributed by atoms with Crippen molar-refractivity contribution in [2.45, 2.75) is 40.2 Å². The fourth-order valence-corrected chi connectivity index (χ4v) is 2.12. The van der Waals surface area contributed by atoms with E-state index in [1.165, 1.54) is 0 Å². The molecule has 1 aromatic rings. The minimum atomic E-state index is -0.481. The molecule has 0 heterocycles. The highest BCUT2D eigenvalue weighted by Crippen LogP contribution is 2.23. The fourth-order valence-electron chi connectivity index (χ4n) is 1.79. The van der Waals surface area contributed by atoms with Gasteiger partial charge in [0.15, 0.2) is 6.61 Å². The van der Waals surface area contributed by atoms with E-state index in [1.54, 1.807) is 0 Å². The largest absolute Gasteiger partial charge is 0.452 e. The Balaban J connectivity index is 2.74. The lowest BCUT2D eigenvalue weighted by molar-refractivity contribution is -0.125. The Labute approximate surface area is 128 Å². The zero-order valence-corrected chi connectivity index (χ0v) is 14.1. The predicted molar refractivity (Wildman–Crippen MR) is 81.8 cm³/mol. The van der Waals surface area contributed by atoms with E-state index in [1.807, 2.05) is 46.8 Å². The average molecular weight is 342 g/mol. The number of hydrogen-bond donors (Lipinski definition) is 1. The molecule has 0 aliphatic carbocycles. The molecule has 0 aliphatic heterocycles. The van der Waals surface area contributed by atoms with E-state index >= 15 is 0 Å². The van der Waals surface area contributed by atoms with Crippen molar-refractivity contribution in [2.75, 3.05) is 6.61 Å². The van der Waals surface area contributed by atoms with E-state index in [4.69, 9.17) is 4.74 Å². The maximum Gasteiger partial charge on any atom is 0.339 e. The summed E-state index contributed by atoms with van der Waals surface area (Å²) in [6.45, 7) is 9.01.